The van der Waals surface area contributed by atoms with Gasteiger partial charge in [0.15, 0.2) is 0 Å². The predicted octanol–water partition coefficient (Wildman–Crippen LogP) is 3.62. The summed E-state index contributed by atoms with van der Waals surface area (Å²) in [7, 11) is 0. The SMILES string of the molecule is ClCC=CCN1CCCCc2ccccc21. The maximum atomic E-state index is 5.65. The van der Waals surface area contributed by atoms with Crippen LogP contribution >= 0.6 is 11.6 Å². The van der Waals surface area contributed by atoms with E-state index in [0.29, 0.717) is 5.88 Å². The molecule has 0 spiro atoms. The van der Waals surface area contributed by atoms with Crippen LogP contribution in [0.1, 0.15) is 18.4 Å². The molecule has 1 heterocycles. The standard InChI is InChI=1S/C14H18ClN/c15-10-4-6-12-16-11-5-3-8-13-7-1-2-9-14(13)16/h1-2,4,6-7,9H,3,5,8,10-12H2. The zero-order valence-electron chi connectivity index (χ0n) is 9.53. The van der Waals surface area contributed by atoms with Crippen molar-refractivity contribution >= 4 is 17.3 Å². The molecule has 1 nitrogen and oxygen atoms in total. The summed E-state index contributed by atoms with van der Waals surface area (Å²) in [5.41, 5.74) is 2.89. The number of anilines is 1. The lowest BCUT2D eigenvalue weighted by Crippen LogP contribution is -2.24. The van der Waals surface area contributed by atoms with Crippen LogP contribution in [0.25, 0.3) is 0 Å². The van der Waals surface area contributed by atoms with Crippen LogP contribution in [-0.4, -0.2) is 19.0 Å². The van der Waals surface area contributed by atoms with E-state index in [1.54, 1.807) is 0 Å². The van der Waals surface area contributed by atoms with Crippen LogP contribution < -0.4 is 4.90 Å². The Morgan fingerprint density at radius 2 is 2.06 bits per heavy atom. The summed E-state index contributed by atoms with van der Waals surface area (Å²) in [6.07, 6.45) is 7.98. The van der Waals surface area contributed by atoms with Crippen molar-refractivity contribution < 1.29 is 0 Å². The number of fused-ring (bicyclic) bond motifs is 1. The highest BCUT2D eigenvalue weighted by Crippen LogP contribution is 2.25. The van der Waals surface area contributed by atoms with E-state index >= 15 is 0 Å². The van der Waals surface area contributed by atoms with Gasteiger partial charge in [-0.05, 0) is 30.9 Å². The number of para-hydroxylation sites is 1. The maximum Gasteiger partial charge on any atom is 0.0404 e. The zero-order valence-corrected chi connectivity index (χ0v) is 10.3. The summed E-state index contributed by atoms with van der Waals surface area (Å²) in [6.45, 7) is 2.13. The number of halogens is 1. The fraction of sp³-hybridized carbons (Fsp3) is 0.429. The van der Waals surface area contributed by atoms with Crippen molar-refractivity contribution in [1.29, 1.82) is 0 Å². The van der Waals surface area contributed by atoms with Crippen LogP contribution in [0, 0.1) is 0 Å². The van der Waals surface area contributed by atoms with Crippen LogP contribution in [0.5, 0.6) is 0 Å². The third kappa shape index (κ3) is 2.79. The van der Waals surface area contributed by atoms with Crippen LogP contribution in [0.15, 0.2) is 36.4 Å². The molecule has 1 aliphatic rings. The quantitative estimate of drug-likeness (QED) is 0.571. The number of allylic oxidation sites excluding steroid dienone is 1. The van der Waals surface area contributed by atoms with E-state index in [0.717, 1.165) is 13.1 Å². The second-order valence-electron chi connectivity index (χ2n) is 4.16. The van der Waals surface area contributed by atoms with Gasteiger partial charge in [0, 0.05) is 24.7 Å². The molecule has 0 fully saturated rings. The largest absolute Gasteiger partial charge is 0.368 e. The second kappa shape index (κ2) is 5.95. The summed E-state index contributed by atoms with van der Waals surface area (Å²) in [6, 6.07) is 8.74. The molecule has 1 aromatic rings. The van der Waals surface area contributed by atoms with Crippen LogP contribution in [0.4, 0.5) is 5.69 Å². The maximum absolute atomic E-state index is 5.65. The average molecular weight is 236 g/mol. The average Bonchev–Trinajstić information content (AvgIpc) is 2.52. The van der Waals surface area contributed by atoms with Gasteiger partial charge in [-0.3, -0.25) is 0 Å². The predicted molar refractivity (Wildman–Crippen MR) is 71.5 cm³/mol. The Morgan fingerprint density at radius 1 is 1.19 bits per heavy atom. The van der Waals surface area contributed by atoms with Gasteiger partial charge in [0.05, 0.1) is 0 Å². The molecule has 2 heteroatoms. The Hall–Kier alpha value is -0.950. The monoisotopic (exact) mass is 235 g/mol. The Labute approximate surface area is 103 Å². The molecule has 0 atom stereocenters. The second-order valence-corrected chi connectivity index (χ2v) is 4.47. The molecular formula is C14H18ClN. The molecule has 16 heavy (non-hydrogen) atoms. The van der Waals surface area contributed by atoms with Gasteiger partial charge in [-0.1, -0.05) is 30.4 Å². The summed E-state index contributed by atoms with van der Waals surface area (Å²) in [4.78, 5) is 2.45. The Kier molecular flexibility index (Phi) is 4.29. The first-order chi connectivity index (χ1) is 7.92. The van der Waals surface area contributed by atoms with Crippen molar-refractivity contribution in [2.24, 2.45) is 0 Å². The smallest absolute Gasteiger partial charge is 0.0404 e. The normalized spacial score (nSPS) is 16.2. The van der Waals surface area contributed by atoms with Gasteiger partial charge < -0.3 is 4.90 Å². The molecule has 1 aliphatic heterocycles. The molecule has 0 saturated heterocycles. The molecule has 0 saturated carbocycles. The molecule has 0 bridgehead atoms. The first-order valence-corrected chi connectivity index (χ1v) is 6.49. The molecule has 0 aliphatic carbocycles. The topological polar surface area (TPSA) is 3.24 Å². The van der Waals surface area contributed by atoms with Gasteiger partial charge in [-0.2, -0.15) is 0 Å². The number of benzene rings is 1. The summed E-state index contributed by atoms with van der Waals surface area (Å²) >= 11 is 5.65. The van der Waals surface area contributed by atoms with Crippen molar-refractivity contribution in [2.45, 2.75) is 19.3 Å². The van der Waals surface area contributed by atoms with E-state index in [9.17, 15) is 0 Å². The van der Waals surface area contributed by atoms with E-state index in [1.165, 1.54) is 30.5 Å². The third-order valence-electron chi connectivity index (χ3n) is 3.04. The van der Waals surface area contributed by atoms with Crippen LogP contribution in [0.2, 0.25) is 0 Å². The van der Waals surface area contributed by atoms with Crippen LogP contribution in [0.3, 0.4) is 0 Å². The minimum absolute atomic E-state index is 0.607. The number of hydrogen-bond acceptors (Lipinski definition) is 1. The first kappa shape index (κ1) is 11.5. The fourth-order valence-corrected chi connectivity index (χ4v) is 2.35. The lowest BCUT2D eigenvalue weighted by molar-refractivity contribution is 0.736. The third-order valence-corrected chi connectivity index (χ3v) is 3.22. The first-order valence-electron chi connectivity index (χ1n) is 5.95. The van der Waals surface area contributed by atoms with Gasteiger partial charge in [0.1, 0.15) is 0 Å². The molecule has 0 unspecified atom stereocenters. The van der Waals surface area contributed by atoms with Crippen molar-refractivity contribution in [2.75, 3.05) is 23.9 Å². The van der Waals surface area contributed by atoms with E-state index < -0.39 is 0 Å². The zero-order chi connectivity index (χ0) is 11.2. The Morgan fingerprint density at radius 3 is 2.94 bits per heavy atom. The minimum Gasteiger partial charge on any atom is -0.368 e. The van der Waals surface area contributed by atoms with Gasteiger partial charge in [0.25, 0.3) is 0 Å². The highest BCUT2D eigenvalue weighted by molar-refractivity contribution is 6.18. The molecule has 0 N–H and O–H groups in total. The van der Waals surface area contributed by atoms with E-state index in [4.69, 9.17) is 11.6 Å². The van der Waals surface area contributed by atoms with Crippen molar-refractivity contribution in [3.63, 3.8) is 0 Å². The molecular weight excluding hydrogens is 218 g/mol. The molecule has 2 rings (SSSR count). The number of rotatable bonds is 3. The Bertz CT molecular complexity index is 360. The lowest BCUT2D eigenvalue weighted by Gasteiger charge is -2.23. The van der Waals surface area contributed by atoms with E-state index in [1.807, 2.05) is 6.08 Å². The minimum atomic E-state index is 0.607. The van der Waals surface area contributed by atoms with E-state index in [2.05, 4.69) is 35.2 Å². The molecule has 0 radical (unpaired) electrons. The highest BCUT2D eigenvalue weighted by atomic mass is 35.5. The highest BCUT2D eigenvalue weighted by Gasteiger charge is 2.12. The van der Waals surface area contributed by atoms with E-state index in [-0.39, 0.29) is 0 Å². The summed E-state index contributed by atoms with van der Waals surface area (Å²) in [5.74, 6) is 0.607. The van der Waals surface area contributed by atoms with Gasteiger partial charge >= 0.3 is 0 Å². The van der Waals surface area contributed by atoms with Crippen molar-refractivity contribution in [1.82, 2.24) is 0 Å². The molecule has 86 valence electrons. The summed E-state index contributed by atoms with van der Waals surface area (Å²) in [5, 5.41) is 0. The number of nitrogens with zero attached hydrogens (tertiary/aromatic N) is 1. The van der Waals surface area contributed by atoms with Gasteiger partial charge in [-0.15, -0.1) is 11.6 Å². The molecule has 0 aromatic heterocycles. The number of alkyl halides is 1. The summed E-state index contributed by atoms with van der Waals surface area (Å²) < 4.78 is 0. The molecule has 0 amide bonds. The Balaban J connectivity index is 2.15. The van der Waals surface area contributed by atoms with Gasteiger partial charge in [-0.25, -0.2) is 0 Å². The van der Waals surface area contributed by atoms with Crippen molar-refractivity contribution in [3.8, 4) is 0 Å². The molecule has 1 aromatic carbocycles. The number of aryl methyl sites for hydroxylation is 1. The van der Waals surface area contributed by atoms with Crippen LogP contribution in [-0.2, 0) is 6.42 Å². The lowest BCUT2D eigenvalue weighted by atomic mass is 10.1. The fourth-order valence-electron chi connectivity index (χ4n) is 2.22. The van der Waals surface area contributed by atoms with Gasteiger partial charge in [0.2, 0.25) is 0 Å². The van der Waals surface area contributed by atoms with Crippen molar-refractivity contribution in [3.05, 3.63) is 42.0 Å². The number of hydrogen-bond donors (Lipinski definition) is 0.